The highest BCUT2D eigenvalue weighted by molar-refractivity contribution is 5.81. The van der Waals surface area contributed by atoms with Gasteiger partial charge in [0.05, 0.1) is 31.0 Å². The zero-order valence-corrected chi connectivity index (χ0v) is 12.2. The van der Waals surface area contributed by atoms with Gasteiger partial charge in [-0.1, -0.05) is 0 Å². The predicted octanol–water partition coefficient (Wildman–Crippen LogP) is 1.58. The molecule has 7 heteroatoms. The second kappa shape index (κ2) is 5.67. The molecule has 7 nitrogen and oxygen atoms in total. The lowest BCUT2D eigenvalue weighted by Gasteiger charge is -2.38. The number of aromatic nitrogens is 2. The van der Waals surface area contributed by atoms with Crippen LogP contribution in [-0.2, 0) is 23.2 Å². The molecule has 0 spiro atoms. The molecule has 1 amide bonds. The molecular formula is C15H17N3O4. The number of amides is 1. The Balaban J connectivity index is 1.97. The number of carbonyl (C=O) groups excluding carboxylic acids is 1. The Morgan fingerprint density at radius 3 is 2.95 bits per heavy atom. The molecule has 0 bridgehead atoms. The Labute approximate surface area is 127 Å². The minimum Gasteiger partial charge on any atom is -0.481 e. The molecule has 3 heterocycles. The van der Waals surface area contributed by atoms with Crippen LogP contribution in [0.1, 0.15) is 30.2 Å². The van der Waals surface area contributed by atoms with Gasteiger partial charge in [-0.05, 0) is 18.6 Å². The molecule has 2 aromatic heterocycles. The maximum absolute atomic E-state index is 12.3. The topological polar surface area (TPSA) is 88.6 Å². The summed E-state index contributed by atoms with van der Waals surface area (Å²) in [5.41, 5.74) is 0.731. The monoisotopic (exact) mass is 303 g/mol. The van der Waals surface area contributed by atoms with Crippen LogP contribution in [0.15, 0.2) is 35.2 Å². The summed E-state index contributed by atoms with van der Waals surface area (Å²) in [7, 11) is 1.76. The highest BCUT2D eigenvalue weighted by atomic mass is 16.4. The summed E-state index contributed by atoms with van der Waals surface area (Å²) in [6.45, 7) is 0.259. The molecule has 0 radical (unpaired) electrons. The van der Waals surface area contributed by atoms with Crippen LogP contribution >= 0.6 is 0 Å². The van der Waals surface area contributed by atoms with Gasteiger partial charge in [0.2, 0.25) is 5.91 Å². The number of carbonyl (C=O) groups is 2. The number of hydrogen-bond acceptors (Lipinski definition) is 4. The second-order valence-electron chi connectivity index (χ2n) is 5.48. The van der Waals surface area contributed by atoms with Gasteiger partial charge in [0, 0.05) is 25.2 Å². The third-order valence-electron chi connectivity index (χ3n) is 4.00. The largest absolute Gasteiger partial charge is 0.481 e. The number of rotatable bonds is 4. The van der Waals surface area contributed by atoms with Crippen LogP contribution in [0.4, 0.5) is 0 Å². The highest BCUT2D eigenvalue weighted by Crippen LogP contribution is 2.37. The molecular weight excluding hydrogens is 286 g/mol. The van der Waals surface area contributed by atoms with E-state index in [0.29, 0.717) is 12.2 Å². The van der Waals surface area contributed by atoms with E-state index in [4.69, 9.17) is 4.42 Å². The van der Waals surface area contributed by atoms with Gasteiger partial charge in [-0.2, -0.15) is 5.10 Å². The number of likely N-dealkylation sites (tertiary alicyclic amines) is 1. The zero-order chi connectivity index (χ0) is 15.7. The number of aliphatic carboxylic acids is 1. The number of piperidine rings is 1. The van der Waals surface area contributed by atoms with Crippen molar-refractivity contribution in [3.8, 4) is 0 Å². The summed E-state index contributed by atoms with van der Waals surface area (Å²) < 4.78 is 6.92. The molecule has 1 N–H and O–H groups in total. The lowest BCUT2D eigenvalue weighted by atomic mass is 9.85. The zero-order valence-electron chi connectivity index (χ0n) is 12.2. The smallest absolute Gasteiger partial charge is 0.308 e. The summed E-state index contributed by atoms with van der Waals surface area (Å²) in [4.78, 5) is 25.5. The van der Waals surface area contributed by atoms with Crippen molar-refractivity contribution in [2.24, 2.45) is 13.0 Å². The van der Waals surface area contributed by atoms with Gasteiger partial charge < -0.3 is 14.4 Å². The first-order valence-electron chi connectivity index (χ1n) is 7.09. The first-order chi connectivity index (χ1) is 10.6. The van der Waals surface area contributed by atoms with Crippen molar-refractivity contribution in [1.29, 1.82) is 0 Å². The maximum Gasteiger partial charge on any atom is 0.308 e. The Kier molecular flexibility index (Phi) is 3.70. The Hall–Kier alpha value is -2.57. The molecule has 0 aromatic carbocycles. The standard InChI is InChI=1S/C15H17N3O4/c1-17-8-10(7-16-17)14-12(15(20)21)4-5-13(19)18(14)9-11-3-2-6-22-11/h2-3,6-8,12,14H,4-5,9H2,1H3,(H,20,21). The van der Waals surface area contributed by atoms with E-state index < -0.39 is 17.9 Å². The van der Waals surface area contributed by atoms with Crippen molar-refractivity contribution in [3.05, 3.63) is 42.1 Å². The van der Waals surface area contributed by atoms with Crippen LogP contribution in [0.3, 0.4) is 0 Å². The fourth-order valence-corrected chi connectivity index (χ4v) is 2.97. The van der Waals surface area contributed by atoms with Gasteiger partial charge in [0.1, 0.15) is 5.76 Å². The molecule has 0 aliphatic carbocycles. The van der Waals surface area contributed by atoms with Gasteiger partial charge in [-0.3, -0.25) is 14.3 Å². The van der Waals surface area contributed by atoms with Crippen LogP contribution in [0.25, 0.3) is 0 Å². The van der Waals surface area contributed by atoms with Gasteiger partial charge >= 0.3 is 5.97 Å². The molecule has 2 aromatic rings. The maximum atomic E-state index is 12.3. The quantitative estimate of drug-likeness (QED) is 0.926. The molecule has 2 atom stereocenters. The van der Waals surface area contributed by atoms with Crippen LogP contribution in [-0.4, -0.2) is 31.7 Å². The van der Waals surface area contributed by atoms with E-state index in [0.717, 1.165) is 5.56 Å². The van der Waals surface area contributed by atoms with Crippen molar-refractivity contribution >= 4 is 11.9 Å². The van der Waals surface area contributed by atoms with Crippen molar-refractivity contribution in [2.45, 2.75) is 25.4 Å². The van der Waals surface area contributed by atoms with Crippen LogP contribution in [0, 0.1) is 5.92 Å². The van der Waals surface area contributed by atoms with Crippen LogP contribution < -0.4 is 0 Å². The molecule has 22 heavy (non-hydrogen) atoms. The van der Waals surface area contributed by atoms with Crippen LogP contribution in [0.2, 0.25) is 0 Å². The SMILES string of the molecule is Cn1cc(C2C(C(=O)O)CCC(=O)N2Cc2ccco2)cn1. The number of aryl methyl sites for hydroxylation is 1. The summed E-state index contributed by atoms with van der Waals surface area (Å²) in [5.74, 6) is -0.973. The number of carboxylic acids is 1. The third kappa shape index (κ3) is 2.61. The number of nitrogens with zero attached hydrogens (tertiary/aromatic N) is 3. The van der Waals surface area contributed by atoms with E-state index in [-0.39, 0.29) is 18.9 Å². The molecule has 0 saturated carbocycles. The molecule has 1 aliphatic heterocycles. The average Bonchev–Trinajstić information content (AvgIpc) is 3.12. The van der Waals surface area contributed by atoms with Crippen molar-refractivity contribution < 1.29 is 19.1 Å². The Morgan fingerprint density at radius 2 is 2.36 bits per heavy atom. The molecule has 1 fully saturated rings. The van der Waals surface area contributed by atoms with E-state index in [1.54, 1.807) is 41.2 Å². The fourth-order valence-electron chi connectivity index (χ4n) is 2.97. The minimum atomic E-state index is -0.897. The number of furan rings is 1. The first kappa shape index (κ1) is 14.4. The minimum absolute atomic E-state index is 0.0669. The first-order valence-corrected chi connectivity index (χ1v) is 7.09. The second-order valence-corrected chi connectivity index (χ2v) is 5.48. The fraction of sp³-hybridized carbons (Fsp3) is 0.400. The summed E-state index contributed by atoms with van der Waals surface area (Å²) in [5, 5.41) is 13.6. The molecule has 1 aliphatic rings. The van der Waals surface area contributed by atoms with Gasteiger partial charge in [-0.25, -0.2) is 0 Å². The summed E-state index contributed by atoms with van der Waals surface area (Å²) in [6.07, 6.45) is 5.48. The molecule has 116 valence electrons. The molecule has 2 unspecified atom stereocenters. The van der Waals surface area contributed by atoms with E-state index in [1.165, 1.54) is 6.26 Å². The third-order valence-corrected chi connectivity index (χ3v) is 4.00. The predicted molar refractivity (Wildman–Crippen MR) is 75.6 cm³/mol. The van der Waals surface area contributed by atoms with Gasteiger partial charge in [0.25, 0.3) is 0 Å². The van der Waals surface area contributed by atoms with Crippen LogP contribution in [0.5, 0.6) is 0 Å². The average molecular weight is 303 g/mol. The van der Waals surface area contributed by atoms with Crippen molar-refractivity contribution in [2.75, 3.05) is 0 Å². The van der Waals surface area contributed by atoms with Gasteiger partial charge in [0.15, 0.2) is 0 Å². The van der Waals surface area contributed by atoms with E-state index in [2.05, 4.69) is 5.10 Å². The summed E-state index contributed by atoms with van der Waals surface area (Å²) >= 11 is 0. The van der Waals surface area contributed by atoms with Crippen molar-refractivity contribution in [1.82, 2.24) is 14.7 Å². The lowest BCUT2D eigenvalue weighted by Crippen LogP contribution is -2.44. The normalized spacial score (nSPS) is 22.0. The van der Waals surface area contributed by atoms with E-state index in [9.17, 15) is 14.7 Å². The molecule has 1 saturated heterocycles. The number of carboxylic acid groups (broad SMARTS) is 1. The number of hydrogen-bond donors (Lipinski definition) is 1. The van der Waals surface area contributed by atoms with Crippen molar-refractivity contribution in [3.63, 3.8) is 0 Å². The van der Waals surface area contributed by atoms with E-state index >= 15 is 0 Å². The molecule has 3 rings (SSSR count). The van der Waals surface area contributed by atoms with Gasteiger partial charge in [-0.15, -0.1) is 0 Å². The summed E-state index contributed by atoms with van der Waals surface area (Å²) in [6, 6.07) is 2.99. The lowest BCUT2D eigenvalue weighted by molar-refractivity contribution is -0.152. The highest BCUT2D eigenvalue weighted by Gasteiger charge is 2.41. The Bertz CT molecular complexity index is 677. The van der Waals surface area contributed by atoms with E-state index in [1.807, 2.05) is 0 Å². The Morgan fingerprint density at radius 1 is 1.55 bits per heavy atom.